The Balaban J connectivity index is 1.66. The fourth-order valence-electron chi connectivity index (χ4n) is 2.30. The fourth-order valence-corrected chi connectivity index (χ4v) is 2.51. The summed E-state index contributed by atoms with van der Waals surface area (Å²) >= 11 is 5.97. The third-order valence-electron chi connectivity index (χ3n) is 3.40. The van der Waals surface area contributed by atoms with Crippen LogP contribution in [0.4, 0.5) is 5.82 Å². The van der Waals surface area contributed by atoms with Gasteiger partial charge in [-0.3, -0.25) is 0 Å². The minimum atomic E-state index is 0.393. The van der Waals surface area contributed by atoms with Gasteiger partial charge >= 0.3 is 0 Å². The second kappa shape index (κ2) is 6.20. The van der Waals surface area contributed by atoms with Crippen molar-refractivity contribution in [2.45, 2.75) is 18.9 Å². The molecule has 2 aromatic rings. The second-order valence-electron chi connectivity index (χ2n) is 4.87. The van der Waals surface area contributed by atoms with E-state index in [0.29, 0.717) is 12.5 Å². The molecule has 104 valence electrons. The van der Waals surface area contributed by atoms with Gasteiger partial charge < -0.3 is 10.1 Å². The number of hydrogen-bond acceptors (Lipinski definition) is 4. The summed E-state index contributed by atoms with van der Waals surface area (Å²) < 4.78 is 5.40. The van der Waals surface area contributed by atoms with Crippen molar-refractivity contribution in [3.8, 4) is 0 Å². The van der Waals surface area contributed by atoms with Crippen molar-refractivity contribution in [2.75, 3.05) is 18.5 Å². The molecule has 0 unspecified atom stereocenters. The zero-order chi connectivity index (χ0) is 13.8. The minimum absolute atomic E-state index is 0.393. The highest BCUT2D eigenvalue weighted by atomic mass is 35.5. The molecule has 4 nitrogen and oxygen atoms in total. The van der Waals surface area contributed by atoms with E-state index in [4.69, 9.17) is 16.3 Å². The molecule has 3 rings (SSSR count). The molecule has 1 N–H and O–H groups in total. The van der Waals surface area contributed by atoms with Gasteiger partial charge in [0.25, 0.3) is 0 Å². The molecule has 0 saturated carbocycles. The maximum atomic E-state index is 5.97. The number of aromatic nitrogens is 2. The van der Waals surface area contributed by atoms with E-state index in [1.165, 1.54) is 0 Å². The van der Waals surface area contributed by atoms with E-state index >= 15 is 0 Å². The van der Waals surface area contributed by atoms with Gasteiger partial charge in [0.15, 0.2) is 0 Å². The van der Waals surface area contributed by atoms with Gasteiger partial charge in [-0.2, -0.15) is 0 Å². The average Bonchev–Trinajstić information content (AvgIpc) is 3.00. The van der Waals surface area contributed by atoms with Crippen molar-refractivity contribution in [1.82, 2.24) is 9.97 Å². The van der Waals surface area contributed by atoms with Crippen LogP contribution in [0.15, 0.2) is 36.7 Å². The lowest BCUT2D eigenvalue weighted by Crippen LogP contribution is -2.06. The molecule has 1 aliphatic rings. The Morgan fingerprint density at radius 3 is 3.05 bits per heavy atom. The summed E-state index contributed by atoms with van der Waals surface area (Å²) in [7, 11) is 0. The maximum Gasteiger partial charge on any atom is 0.129 e. The lowest BCUT2D eigenvalue weighted by molar-refractivity contribution is 0.193. The van der Waals surface area contributed by atoms with Crippen LogP contribution in [0, 0.1) is 0 Å². The number of benzene rings is 1. The van der Waals surface area contributed by atoms with E-state index in [9.17, 15) is 0 Å². The molecule has 20 heavy (non-hydrogen) atoms. The number of nitrogens with zero attached hydrogens (tertiary/aromatic N) is 2. The maximum absolute atomic E-state index is 5.97. The molecule has 1 saturated heterocycles. The molecule has 0 bridgehead atoms. The van der Waals surface area contributed by atoms with Crippen LogP contribution in [-0.4, -0.2) is 23.2 Å². The average molecular weight is 290 g/mol. The molecule has 0 amide bonds. The van der Waals surface area contributed by atoms with Crippen molar-refractivity contribution in [2.24, 2.45) is 0 Å². The SMILES string of the molecule is Clc1cccc(CNc2cc([C@@H]3CCOC3)ncn2)c1. The van der Waals surface area contributed by atoms with Crippen LogP contribution in [-0.2, 0) is 11.3 Å². The number of nitrogens with one attached hydrogen (secondary N) is 1. The van der Waals surface area contributed by atoms with E-state index in [1.54, 1.807) is 6.33 Å². The molecule has 1 atom stereocenters. The van der Waals surface area contributed by atoms with Crippen molar-refractivity contribution < 1.29 is 4.74 Å². The Morgan fingerprint density at radius 2 is 2.25 bits per heavy atom. The summed E-state index contributed by atoms with van der Waals surface area (Å²) in [5.41, 5.74) is 2.17. The topological polar surface area (TPSA) is 47.0 Å². The van der Waals surface area contributed by atoms with E-state index < -0.39 is 0 Å². The van der Waals surface area contributed by atoms with E-state index in [0.717, 1.165) is 41.7 Å². The monoisotopic (exact) mass is 289 g/mol. The summed E-state index contributed by atoms with van der Waals surface area (Å²) in [4.78, 5) is 8.59. The molecule has 0 spiro atoms. The van der Waals surface area contributed by atoms with Crippen LogP contribution in [0.1, 0.15) is 23.6 Å². The standard InChI is InChI=1S/C15H16ClN3O/c16-13-3-1-2-11(6-13)8-17-15-7-14(18-10-19-15)12-4-5-20-9-12/h1-3,6-7,10,12H,4-5,8-9H2,(H,17,18,19)/t12-/m1/s1. The number of ether oxygens (including phenoxy) is 1. The minimum Gasteiger partial charge on any atom is -0.381 e. The highest BCUT2D eigenvalue weighted by molar-refractivity contribution is 6.30. The first-order valence-electron chi connectivity index (χ1n) is 6.69. The molecular weight excluding hydrogens is 274 g/mol. The zero-order valence-corrected chi connectivity index (χ0v) is 11.8. The van der Waals surface area contributed by atoms with Crippen LogP contribution in [0.5, 0.6) is 0 Å². The van der Waals surface area contributed by atoms with Gasteiger partial charge in [0, 0.05) is 30.2 Å². The summed E-state index contributed by atoms with van der Waals surface area (Å²) in [5, 5.41) is 4.05. The highest BCUT2D eigenvalue weighted by Crippen LogP contribution is 2.24. The van der Waals surface area contributed by atoms with Gasteiger partial charge in [-0.15, -0.1) is 0 Å². The quantitative estimate of drug-likeness (QED) is 0.938. The molecule has 2 heterocycles. The summed E-state index contributed by atoms with van der Waals surface area (Å²) in [6, 6.07) is 9.80. The fraction of sp³-hybridized carbons (Fsp3) is 0.333. The van der Waals surface area contributed by atoms with E-state index in [1.807, 2.05) is 30.3 Å². The number of rotatable bonds is 4. The van der Waals surface area contributed by atoms with Crippen LogP contribution in [0.2, 0.25) is 5.02 Å². The Morgan fingerprint density at radius 1 is 1.30 bits per heavy atom. The second-order valence-corrected chi connectivity index (χ2v) is 5.31. The molecule has 0 aliphatic carbocycles. The largest absolute Gasteiger partial charge is 0.381 e. The number of anilines is 1. The van der Waals surface area contributed by atoms with Gasteiger partial charge in [-0.25, -0.2) is 9.97 Å². The smallest absolute Gasteiger partial charge is 0.129 e. The number of hydrogen-bond donors (Lipinski definition) is 1. The molecule has 1 aliphatic heterocycles. The Hall–Kier alpha value is -1.65. The van der Waals surface area contributed by atoms with E-state index in [-0.39, 0.29) is 0 Å². The summed E-state index contributed by atoms with van der Waals surface area (Å²) in [6.45, 7) is 2.27. The molecule has 0 radical (unpaired) electrons. The van der Waals surface area contributed by atoms with Crippen molar-refractivity contribution >= 4 is 17.4 Å². The van der Waals surface area contributed by atoms with Crippen LogP contribution in [0.25, 0.3) is 0 Å². The van der Waals surface area contributed by atoms with E-state index in [2.05, 4.69) is 15.3 Å². The third kappa shape index (κ3) is 3.26. The summed E-state index contributed by atoms with van der Waals surface area (Å²) in [5.74, 6) is 1.23. The van der Waals surface area contributed by atoms with Crippen molar-refractivity contribution in [3.05, 3.63) is 52.9 Å². The third-order valence-corrected chi connectivity index (χ3v) is 3.63. The van der Waals surface area contributed by atoms with Gasteiger partial charge in [-0.05, 0) is 24.1 Å². The van der Waals surface area contributed by atoms with Gasteiger partial charge in [0.1, 0.15) is 12.1 Å². The first-order valence-corrected chi connectivity index (χ1v) is 7.07. The lowest BCUT2D eigenvalue weighted by Gasteiger charge is -2.10. The zero-order valence-electron chi connectivity index (χ0n) is 11.1. The normalized spacial score (nSPS) is 18.1. The predicted octanol–water partition coefficient (Wildman–Crippen LogP) is 3.25. The predicted molar refractivity (Wildman–Crippen MR) is 79.0 cm³/mol. The molecule has 5 heteroatoms. The Kier molecular flexibility index (Phi) is 4.14. The number of halogens is 1. The lowest BCUT2D eigenvalue weighted by atomic mass is 10.1. The van der Waals surface area contributed by atoms with Gasteiger partial charge in [0.05, 0.1) is 12.3 Å². The molecule has 1 aromatic carbocycles. The van der Waals surface area contributed by atoms with Gasteiger partial charge in [0.2, 0.25) is 0 Å². The Bertz CT molecular complexity index is 585. The summed E-state index contributed by atoms with van der Waals surface area (Å²) in [6.07, 6.45) is 2.64. The first kappa shape index (κ1) is 13.3. The Labute approximate surface area is 123 Å². The van der Waals surface area contributed by atoms with Crippen LogP contribution < -0.4 is 5.32 Å². The van der Waals surface area contributed by atoms with Crippen LogP contribution >= 0.6 is 11.6 Å². The van der Waals surface area contributed by atoms with Crippen LogP contribution in [0.3, 0.4) is 0 Å². The molecular formula is C15H16ClN3O. The molecule has 1 fully saturated rings. The van der Waals surface area contributed by atoms with Gasteiger partial charge in [-0.1, -0.05) is 23.7 Å². The van der Waals surface area contributed by atoms with Crippen molar-refractivity contribution in [1.29, 1.82) is 0 Å². The first-order chi connectivity index (χ1) is 9.81. The molecule has 1 aromatic heterocycles. The van der Waals surface area contributed by atoms with Crippen molar-refractivity contribution in [3.63, 3.8) is 0 Å². The highest BCUT2D eigenvalue weighted by Gasteiger charge is 2.19.